The molecule has 156 valence electrons. The molecule has 0 saturated heterocycles. The molecule has 0 bridgehead atoms. The van der Waals surface area contributed by atoms with Crippen LogP contribution in [0.1, 0.15) is 39.4 Å². The molecule has 3 aromatic rings. The zero-order valence-electron chi connectivity index (χ0n) is 16.6. The number of fused-ring (bicyclic) bond motifs is 2. The number of nitrogens with one attached hydrogen (secondary N) is 1. The predicted molar refractivity (Wildman–Crippen MR) is 111 cm³/mol. The smallest absolute Gasteiger partial charge is 0.270 e. The van der Waals surface area contributed by atoms with Crippen molar-refractivity contribution in [1.29, 1.82) is 0 Å². The molecule has 8 nitrogen and oxygen atoms in total. The molecular formula is C21H22ClN5O3. The third-order valence-corrected chi connectivity index (χ3v) is 6.70. The van der Waals surface area contributed by atoms with Crippen LogP contribution in [0.2, 0.25) is 5.02 Å². The number of aromatic nitrogens is 3. The Morgan fingerprint density at radius 3 is 2.83 bits per heavy atom. The van der Waals surface area contributed by atoms with Crippen molar-refractivity contribution in [1.82, 2.24) is 24.6 Å². The van der Waals surface area contributed by atoms with Crippen LogP contribution in [0.4, 0.5) is 0 Å². The molecule has 2 aromatic heterocycles. The van der Waals surface area contributed by atoms with Gasteiger partial charge in [0.15, 0.2) is 0 Å². The first-order valence-corrected chi connectivity index (χ1v) is 10.3. The predicted octanol–water partition coefficient (Wildman–Crippen LogP) is 2.27. The molecule has 3 heterocycles. The summed E-state index contributed by atoms with van der Waals surface area (Å²) in [4.78, 5) is 32.7. The summed E-state index contributed by atoms with van der Waals surface area (Å²) in [5.41, 5.74) is 2.01. The number of likely N-dealkylation sites (N-methyl/N-ethyl adjacent to an activating group) is 1. The molecule has 1 aliphatic carbocycles. The molecule has 0 atom stereocenters. The SMILES string of the molecule is CN(C(=O)c1cnn2c1CN(C(=O)c1cc3c(Cl)cccc3[nH]1)CC2)C1(CO)CC1. The normalized spacial score (nSPS) is 17.1. The van der Waals surface area contributed by atoms with Crippen LogP contribution in [-0.2, 0) is 13.1 Å². The Morgan fingerprint density at radius 1 is 1.33 bits per heavy atom. The molecule has 0 unspecified atom stereocenters. The van der Waals surface area contributed by atoms with E-state index in [0.29, 0.717) is 41.6 Å². The molecule has 5 rings (SSSR count). The topological polar surface area (TPSA) is 94.5 Å². The van der Waals surface area contributed by atoms with Gasteiger partial charge in [-0.05, 0) is 31.0 Å². The van der Waals surface area contributed by atoms with Gasteiger partial charge in [-0.15, -0.1) is 0 Å². The van der Waals surface area contributed by atoms with Gasteiger partial charge in [0.1, 0.15) is 5.69 Å². The highest BCUT2D eigenvalue weighted by Crippen LogP contribution is 2.41. The minimum Gasteiger partial charge on any atom is -0.394 e. The van der Waals surface area contributed by atoms with Gasteiger partial charge in [-0.25, -0.2) is 0 Å². The van der Waals surface area contributed by atoms with E-state index in [-0.39, 0.29) is 18.4 Å². The second-order valence-corrected chi connectivity index (χ2v) is 8.49. The third-order valence-electron chi connectivity index (χ3n) is 6.37. The number of carbonyl (C=O) groups excluding carboxylic acids is 2. The van der Waals surface area contributed by atoms with Crippen LogP contribution in [0.15, 0.2) is 30.5 Å². The quantitative estimate of drug-likeness (QED) is 0.667. The average molecular weight is 428 g/mol. The summed E-state index contributed by atoms with van der Waals surface area (Å²) in [7, 11) is 1.72. The Labute approximate surface area is 178 Å². The van der Waals surface area contributed by atoms with Gasteiger partial charge < -0.3 is 19.9 Å². The van der Waals surface area contributed by atoms with Crippen molar-refractivity contribution in [3.05, 3.63) is 52.4 Å². The van der Waals surface area contributed by atoms with Gasteiger partial charge in [0, 0.05) is 29.5 Å². The summed E-state index contributed by atoms with van der Waals surface area (Å²) >= 11 is 6.24. The minimum absolute atomic E-state index is 0.0493. The maximum Gasteiger partial charge on any atom is 0.270 e. The van der Waals surface area contributed by atoms with Crippen molar-refractivity contribution in [2.45, 2.75) is 31.5 Å². The summed E-state index contributed by atoms with van der Waals surface area (Å²) in [5.74, 6) is -0.315. The Morgan fingerprint density at radius 2 is 2.13 bits per heavy atom. The van der Waals surface area contributed by atoms with Gasteiger partial charge in [0.05, 0.1) is 42.7 Å². The van der Waals surface area contributed by atoms with Crippen molar-refractivity contribution in [3.8, 4) is 0 Å². The molecule has 1 fully saturated rings. The second kappa shape index (κ2) is 6.85. The van der Waals surface area contributed by atoms with Crippen LogP contribution < -0.4 is 0 Å². The van der Waals surface area contributed by atoms with Crippen LogP contribution in [0.5, 0.6) is 0 Å². The van der Waals surface area contributed by atoms with E-state index in [1.54, 1.807) is 39.9 Å². The van der Waals surface area contributed by atoms with E-state index in [2.05, 4.69) is 10.1 Å². The van der Waals surface area contributed by atoms with Crippen LogP contribution in [0, 0.1) is 0 Å². The first-order valence-electron chi connectivity index (χ1n) is 9.94. The largest absolute Gasteiger partial charge is 0.394 e. The number of hydrogen-bond donors (Lipinski definition) is 2. The number of aliphatic hydroxyl groups excluding tert-OH is 1. The molecule has 0 spiro atoms. The zero-order valence-corrected chi connectivity index (χ0v) is 17.3. The Kier molecular flexibility index (Phi) is 4.37. The molecule has 1 saturated carbocycles. The lowest BCUT2D eigenvalue weighted by Gasteiger charge is -2.30. The fourth-order valence-corrected chi connectivity index (χ4v) is 4.37. The number of hydrogen-bond acceptors (Lipinski definition) is 4. The Balaban J connectivity index is 1.40. The highest BCUT2D eigenvalue weighted by molar-refractivity contribution is 6.35. The highest BCUT2D eigenvalue weighted by Gasteiger charge is 2.48. The van der Waals surface area contributed by atoms with Gasteiger partial charge in [-0.1, -0.05) is 17.7 Å². The summed E-state index contributed by atoms with van der Waals surface area (Å²) < 4.78 is 1.78. The second-order valence-electron chi connectivity index (χ2n) is 8.09. The summed E-state index contributed by atoms with van der Waals surface area (Å²) in [6.07, 6.45) is 3.16. The van der Waals surface area contributed by atoms with Gasteiger partial charge in [-0.3, -0.25) is 14.3 Å². The minimum atomic E-state index is -0.459. The van der Waals surface area contributed by atoms with Crippen molar-refractivity contribution in [2.24, 2.45) is 0 Å². The number of aromatic amines is 1. The molecule has 30 heavy (non-hydrogen) atoms. The lowest BCUT2D eigenvalue weighted by atomic mass is 10.1. The van der Waals surface area contributed by atoms with E-state index in [0.717, 1.165) is 23.7 Å². The zero-order chi connectivity index (χ0) is 21.0. The van der Waals surface area contributed by atoms with E-state index in [1.165, 1.54) is 0 Å². The van der Waals surface area contributed by atoms with Crippen molar-refractivity contribution >= 4 is 34.3 Å². The monoisotopic (exact) mass is 427 g/mol. The van der Waals surface area contributed by atoms with Gasteiger partial charge in [0.25, 0.3) is 11.8 Å². The van der Waals surface area contributed by atoms with Crippen LogP contribution in [0.3, 0.4) is 0 Å². The molecule has 1 aliphatic heterocycles. The van der Waals surface area contributed by atoms with Crippen molar-refractivity contribution < 1.29 is 14.7 Å². The number of carbonyl (C=O) groups is 2. The molecule has 0 radical (unpaired) electrons. The number of aliphatic hydroxyl groups is 1. The molecular weight excluding hydrogens is 406 g/mol. The van der Waals surface area contributed by atoms with E-state index < -0.39 is 5.54 Å². The maximum atomic E-state index is 13.1. The van der Waals surface area contributed by atoms with E-state index in [1.807, 2.05) is 12.1 Å². The fourth-order valence-electron chi connectivity index (χ4n) is 4.14. The van der Waals surface area contributed by atoms with Crippen LogP contribution in [-0.4, -0.2) is 67.2 Å². The maximum absolute atomic E-state index is 13.1. The number of H-pyrrole nitrogens is 1. The first kappa shape index (κ1) is 19.1. The standard InChI is InChI=1S/C21H22ClN5O3/c1-25(21(12-28)5-6-21)19(29)14-10-23-27-8-7-26(11-18(14)27)20(30)17-9-13-15(22)3-2-4-16(13)24-17/h2-4,9-10,24,28H,5-8,11-12H2,1H3. The highest BCUT2D eigenvalue weighted by atomic mass is 35.5. The van der Waals surface area contributed by atoms with Crippen molar-refractivity contribution in [2.75, 3.05) is 20.2 Å². The van der Waals surface area contributed by atoms with Gasteiger partial charge in [0.2, 0.25) is 0 Å². The molecule has 2 N–H and O–H groups in total. The summed E-state index contributed by atoms with van der Waals surface area (Å²) in [6.45, 7) is 1.26. The fraction of sp³-hybridized carbons (Fsp3) is 0.381. The molecule has 2 amide bonds. The lowest BCUT2D eigenvalue weighted by molar-refractivity contribution is 0.0608. The number of nitrogens with zero attached hydrogens (tertiary/aromatic N) is 4. The first-order chi connectivity index (χ1) is 14.4. The number of rotatable bonds is 4. The van der Waals surface area contributed by atoms with E-state index >= 15 is 0 Å². The van der Waals surface area contributed by atoms with E-state index in [9.17, 15) is 14.7 Å². The van der Waals surface area contributed by atoms with E-state index in [4.69, 9.17) is 11.6 Å². The van der Waals surface area contributed by atoms with Crippen molar-refractivity contribution in [3.63, 3.8) is 0 Å². The summed E-state index contributed by atoms with van der Waals surface area (Å²) in [5, 5.41) is 15.4. The van der Waals surface area contributed by atoms with Gasteiger partial charge in [-0.2, -0.15) is 5.10 Å². The number of amides is 2. The summed E-state index contributed by atoms with van der Waals surface area (Å²) in [6, 6.07) is 7.27. The Bertz CT molecular complexity index is 1160. The molecule has 1 aromatic carbocycles. The third kappa shape index (κ3) is 2.90. The number of benzene rings is 1. The molecule has 2 aliphatic rings. The average Bonchev–Trinajstić information content (AvgIpc) is 3.25. The van der Waals surface area contributed by atoms with Crippen LogP contribution >= 0.6 is 11.6 Å². The number of halogens is 1. The van der Waals surface area contributed by atoms with Gasteiger partial charge >= 0.3 is 0 Å². The van der Waals surface area contributed by atoms with Crippen LogP contribution in [0.25, 0.3) is 10.9 Å². The molecule has 9 heteroatoms. The Hall–Kier alpha value is -2.84. The lowest BCUT2D eigenvalue weighted by Crippen LogP contribution is -2.43.